The maximum absolute atomic E-state index is 12.5. The first-order valence-corrected chi connectivity index (χ1v) is 8.09. The van der Waals surface area contributed by atoms with E-state index in [0.29, 0.717) is 16.6 Å². The summed E-state index contributed by atoms with van der Waals surface area (Å²) in [6, 6.07) is 0.966. The third kappa shape index (κ3) is 4.04. The number of likely N-dealkylation sites (N-methyl/N-ethyl adjacent to an activating group) is 1. The Kier molecular flexibility index (Phi) is 4.87. The molecule has 0 bridgehead atoms. The number of hydrogen-bond acceptors (Lipinski definition) is 5. The Balaban J connectivity index is 2.15. The molecular formula is C14H18ClN3O3S. The number of thioether (sulfide) groups is 1. The summed E-state index contributed by atoms with van der Waals surface area (Å²) >= 11 is 7.33. The van der Waals surface area contributed by atoms with E-state index < -0.39 is 17.7 Å². The average molecular weight is 344 g/mol. The highest BCUT2D eigenvalue weighted by atomic mass is 35.5. The Labute approximate surface area is 138 Å². The third-order valence-corrected chi connectivity index (χ3v) is 4.23. The molecule has 6 nitrogen and oxygen atoms in total. The highest BCUT2D eigenvalue weighted by molar-refractivity contribution is 7.99. The Bertz CT molecular complexity index is 603. The lowest BCUT2D eigenvalue weighted by atomic mass is 10.2. The van der Waals surface area contributed by atoms with E-state index in [1.54, 1.807) is 40.1 Å². The zero-order valence-electron chi connectivity index (χ0n) is 12.8. The van der Waals surface area contributed by atoms with Crippen molar-refractivity contribution in [2.45, 2.75) is 37.3 Å². The molecule has 0 aromatic carbocycles. The van der Waals surface area contributed by atoms with Crippen LogP contribution in [-0.2, 0) is 9.53 Å². The van der Waals surface area contributed by atoms with Gasteiger partial charge in [-0.15, -0.1) is 11.8 Å². The molecule has 0 saturated carbocycles. The van der Waals surface area contributed by atoms with Crippen LogP contribution in [0.2, 0.25) is 5.15 Å². The first kappa shape index (κ1) is 16.9. The van der Waals surface area contributed by atoms with Gasteiger partial charge >= 0.3 is 6.09 Å². The van der Waals surface area contributed by atoms with Gasteiger partial charge in [-0.3, -0.25) is 4.79 Å². The van der Waals surface area contributed by atoms with Gasteiger partial charge in [0.05, 0.1) is 5.69 Å². The van der Waals surface area contributed by atoms with E-state index in [2.05, 4.69) is 10.3 Å². The number of ether oxygens (including phenoxy) is 1. The van der Waals surface area contributed by atoms with Crippen molar-refractivity contribution in [3.8, 4) is 0 Å². The molecule has 1 atom stereocenters. The fourth-order valence-electron chi connectivity index (χ4n) is 1.93. The van der Waals surface area contributed by atoms with Gasteiger partial charge < -0.3 is 15.0 Å². The number of carbonyl (C=O) groups excluding carboxylic acids is 2. The molecule has 2 rings (SSSR count). The summed E-state index contributed by atoms with van der Waals surface area (Å²) in [4.78, 5) is 30.7. The number of nitrogens with one attached hydrogen (secondary N) is 1. The molecule has 1 aliphatic rings. The molecule has 0 unspecified atom stereocenters. The van der Waals surface area contributed by atoms with Crippen molar-refractivity contribution in [2.24, 2.45) is 0 Å². The van der Waals surface area contributed by atoms with Crippen LogP contribution in [0.5, 0.6) is 0 Å². The fraction of sp³-hybridized carbons (Fsp3) is 0.500. The summed E-state index contributed by atoms with van der Waals surface area (Å²) in [7, 11) is 1.65. The maximum atomic E-state index is 12.5. The van der Waals surface area contributed by atoms with Gasteiger partial charge in [-0.1, -0.05) is 11.6 Å². The van der Waals surface area contributed by atoms with E-state index in [1.807, 2.05) is 0 Å². The molecule has 1 N–H and O–H groups in total. The number of nitrogens with zero attached hydrogens (tertiary/aromatic N) is 2. The largest absolute Gasteiger partial charge is 0.444 e. The van der Waals surface area contributed by atoms with Crippen LogP contribution >= 0.6 is 23.4 Å². The lowest BCUT2D eigenvalue weighted by Gasteiger charge is -2.24. The van der Waals surface area contributed by atoms with E-state index in [4.69, 9.17) is 16.3 Å². The van der Waals surface area contributed by atoms with Crippen LogP contribution in [0, 0.1) is 0 Å². The summed E-state index contributed by atoms with van der Waals surface area (Å²) < 4.78 is 5.20. The Hall–Kier alpha value is -1.47. The summed E-state index contributed by atoms with van der Waals surface area (Å²) in [5, 5.41) is 2.94. The number of carbonyl (C=O) groups is 2. The molecule has 8 heteroatoms. The first-order valence-electron chi connectivity index (χ1n) is 6.73. The van der Waals surface area contributed by atoms with Crippen molar-refractivity contribution in [1.29, 1.82) is 0 Å². The van der Waals surface area contributed by atoms with Crippen LogP contribution in [0.4, 0.5) is 10.5 Å². The van der Waals surface area contributed by atoms with E-state index in [-0.39, 0.29) is 5.91 Å². The van der Waals surface area contributed by atoms with Gasteiger partial charge in [0, 0.05) is 30.0 Å². The number of anilines is 1. The van der Waals surface area contributed by atoms with E-state index in [0.717, 1.165) is 4.90 Å². The molecule has 0 fully saturated rings. The Morgan fingerprint density at radius 3 is 2.86 bits per heavy atom. The Morgan fingerprint density at radius 1 is 1.55 bits per heavy atom. The third-order valence-electron chi connectivity index (χ3n) is 2.90. The predicted octanol–water partition coefficient (Wildman–Crippen LogP) is 2.70. The lowest BCUT2D eigenvalue weighted by Crippen LogP contribution is -2.49. The normalized spacial score (nSPS) is 18.5. The molecule has 22 heavy (non-hydrogen) atoms. The SMILES string of the molecule is CN1C(=O)[C@@H](NC(=O)OC(C)(C)C)CSc2cnc(Cl)cc21. The molecule has 2 amide bonds. The first-order chi connectivity index (χ1) is 10.2. The highest BCUT2D eigenvalue weighted by Crippen LogP contribution is 2.34. The average Bonchev–Trinajstić information content (AvgIpc) is 2.50. The van der Waals surface area contributed by atoms with Crippen molar-refractivity contribution < 1.29 is 14.3 Å². The van der Waals surface area contributed by atoms with Crippen LogP contribution in [-0.4, -0.2) is 41.4 Å². The second-order valence-corrected chi connectivity index (χ2v) is 7.33. The minimum absolute atomic E-state index is 0.223. The summed E-state index contributed by atoms with van der Waals surface area (Å²) in [6.07, 6.45) is 1.02. The van der Waals surface area contributed by atoms with Gasteiger partial charge in [-0.2, -0.15) is 0 Å². The van der Waals surface area contributed by atoms with Crippen molar-refractivity contribution >= 4 is 41.1 Å². The molecule has 1 aromatic rings. The molecule has 1 aliphatic heterocycles. The van der Waals surface area contributed by atoms with Crippen LogP contribution < -0.4 is 10.2 Å². The number of alkyl carbamates (subject to hydrolysis) is 1. The van der Waals surface area contributed by atoms with Gasteiger partial charge in [0.25, 0.3) is 0 Å². The lowest BCUT2D eigenvalue weighted by molar-refractivity contribution is -0.119. The van der Waals surface area contributed by atoms with Gasteiger partial charge in [-0.05, 0) is 20.8 Å². The minimum atomic E-state index is -0.670. The van der Waals surface area contributed by atoms with Crippen molar-refractivity contribution in [3.05, 3.63) is 17.4 Å². The summed E-state index contributed by atoms with van der Waals surface area (Å²) in [5.74, 6) is 0.179. The zero-order chi connectivity index (χ0) is 16.5. The number of aromatic nitrogens is 1. The molecule has 0 radical (unpaired) electrons. The van der Waals surface area contributed by atoms with Crippen LogP contribution in [0.15, 0.2) is 17.2 Å². The number of amides is 2. The molecule has 120 valence electrons. The van der Waals surface area contributed by atoms with E-state index >= 15 is 0 Å². The predicted molar refractivity (Wildman–Crippen MR) is 86.5 cm³/mol. The van der Waals surface area contributed by atoms with Crippen molar-refractivity contribution in [3.63, 3.8) is 0 Å². The van der Waals surface area contributed by atoms with Gasteiger partial charge in [0.2, 0.25) is 5.91 Å². The van der Waals surface area contributed by atoms with E-state index in [1.165, 1.54) is 16.7 Å². The second kappa shape index (κ2) is 6.34. The number of hydrogen-bond donors (Lipinski definition) is 1. The standard InChI is InChI=1S/C14H18ClN3O3S/c1-14(2,3)21-13(20)17-8-7-22-10-6-16-11(15)5-9(10)18(4)12(8)19/h5-6,8H,7H2,1-4H3,(H,17,20)/t8-/m0/s1. The minimum Gasteiger partial charge on any atom is -0.444 e. The maximum Gasteiger partial charge on any atom is 0.408 e. The van der Waals surface area contributed by atoms with Crippen LogP contribution in [0.25, 0.3) is 0 Å². The highest BCUT2D eigenvalue weighted by Gasteiger charge is 2.31. The monoisotopic (exact) mass is 343 g/mol. The van der Waals surface area contributed by atoms with Gasteiger partial charge in [0.15, 0.2) is 0 Å². The van der Waals surface area contributed by atoms with Crippen molar-refractivity contribution in [1.82, 2.24) is 10.3 Å². The molecule has 0 aliphatic carbocycles. The van der Waals surface area contributed by atoms with Gasteiger partial charge in [0.1, 0.15) is 16.8 Å². The van der Waals surface area contributed by atoms with Gasteiger partial charge in [-0.25, -0.2) is 9.78 Å². The number of fused-ring (bicyclic) bond motifs is 1. The van der Waals surface area contributed by atoms with Crippen molar-refractivity contribution in [2.75, 3.05) is 17.7 Å². The molecule has 0 saturated heterocycles. The number of rotatable bonds is 1. The number of pyridine rings is 1. The molecule has 1 aromatic heterocycles. The topological polar surface area (TPSA) is 71.5 Å². The molecule has 2 heterocycles. The quantitative estimate of drug-likeness (QED) is 0.794. The molecule has 0 spiro atoms. The van der Waals surface area contributed by atoms with Crippen LogP contribution in [0.1, 0.15) is 20.8 Å². The number of halogens is 1. The zero-order valence-corrected chi connectivity index (χ0v) is 14.4. The fourth-order valence-corrected chi connectivity index (χ4v) is 3.13. The second-order valence-electron chi connectivity index (χ2n) is 5.88. The van der Waals surface area contributed by atoms with E-state index in [9.17, 15) is 9.59 Å². The molecular weight excluding hydrogens is 326 g/mol. The smallest absolute Gasteiger partial charge is 0.408 e. The summed E-state index contributed by atoms with van der Waals surface area (Å²) in [6.45, 7) is 5.31. The van der Waals surface area contributed by atoms with Crippen LogP contribution in [0.3, 0.4) is 0 Å². The summed E-state index contributed by atoms with van der Waals surface area (Å²) in [5.41, 5.74) is 0.0700. The Morgan fingerprint density at radius 2 is 2.23 bits per heavy atom.